The number of phosphoric ester groups is 1. The zero-order valence-electron chi connectivity index (χ0n) is 36.1. The second kappa shape index (κ2) is 27.2. The Morgan fingerprint density at radius 3 is 2.02 bits per heavy atom. The van der Waals surface area contributed by atoms with Crippen molar-refractivity contribution in [1.29, 1.82) is 0 Å². The Hall–Kier alpha value is -7.16. The van der Waals surface area contributed by atoms with Gasteiger partial charge in [0.15, 0.2) is 5.96 Å². The van der Waals surface area contributed by atoms with Crippen LogP contribution in [0.2, 0.25) is 0 Å². The van der Waals surface area contributed by atoms with Gasteiger partial charge in [0.2, 0.25) is 35.4 Å². The standard InChI is InChI=1S/C37H55N12O16P/c1-4-64-66(61,62)65-49-37(60)63-14-13-41-28-29(31(55)30(28)54)43-17-24(50)46-23(15-20-9-6-5-7-10-20)34(58)48-27(19(2)3)35(59)47-21(11-8-12-42-36(39)40)33(57)44-18-25(51)45-22(32(38)56)16-26(52)53/h5-7,9-10,19,21-23,27,41,43H,4,8,11-18H2,1-3H3,(H2,38,56)(H,44,57)(H,45,51)(H,46,50)(H,47,59)(H,48,58)(H,49,60)(H,52,53)(H,61,62)(H4,39,40,42)/t21-,22-,23+,27-/m0/s1. The van der Waals surface area contributed by atoms with Crippen LogP contribution >= 0.6 is 7.82 Å². The summed E-state index contributed by atoms with van der Waals surface area (Å²) >= 11 is 0. The van der Waals surface area contributed by atoms with Gasteiger partial charge in [-0.25, -0.2) is 9.36 Å². The van der Waals surface area contributed by atoms with E-state index < -0.39 is 122 Å². The molecule has 0 saturated carbocycles. The van der Waals surface area contributed by atoms with Gasteiger partial charge in [-0.05, 0) is 31.2 Å². The normalized spacial score (nSPS) is 13.6. The molecule has 28 nitrogen and oxygen atoms in total. The van der Waals surface area contributed by atoms with Gasteiger partial charge in [-0.1, -0.05) is 44.2 Å². The fourth-order valence-electron chi connectivity index (χ4n) is 5.59. The molecule has 0 saturated heterocycles. The van der Waals surface area contributed by atoms with Crippen molar-refractivity contribution in [3.8, 4) is 0 Å². The average Bonchev–Trinajstić information content (AvgIpc) is 3.24. The summed E-state index contributed by atoms with van der Waals surface area (Å²) < 4.78 is 24.8. The number of aliphatic carboxylic acids is 1. The Morgan fingerprint density at radius 1 is 0.803 bits per heavy atom. The third kappa shape index (κ3) is 19.7. The topological polar surface area (TPSA) is 443 Å². The maximum absolute atomic E-state index is 13.9. The fraction of sp³-hybridized carbons (Fsp3) is 0.486. The van der Waals surface area contributed by atoms with E-state index in [9.17, 15) is 57.4 Å². The van der Waals surface area contributed by atoms with Crippen molar-refractivity contribution in [2.24, 2.45) is 28.1 Å². The number of carboxylic acid groups (broad SMARTS) is 1. The number of primary amides is 1. The quantitative estimate of drug-likeness (QED) is 0.00883. The van der Waals surface area contributed by atoms with Crippen LogP contribution < -0.4 is 70.8 Å². The number of aliphatic imine (C=N–C) groups is 1. The average molecular weight is 955 g/mol. The van der Waals surface area contributed by atoms with E-state index >= 15 is 0 Å². The number of hydrogen-bond donors (Lipinski definition) is 13. The van der Waals surface area contributed by atoms with Gasteiger partial charge in [0.1, 0.15) is 42.1 Å². The van der Waals surface area contributed by atoms with E-state index in [-0.39, 0.29) is 56.3 Å². The number of benzene rings is 1. The highest BCUT2D eigenvalue weighted by Crippen LogP contribution is 2.41. The zero-order valence-corrected chi connectivity index (χ0v) is 37.0. The van der Waals surface area contributed by atoms with Crippen molar-refractivity contribution in [2.45, 2.75) is 70.6 Å². The van der Waals surface area contributed by atoms with E-state index in [4.69, 9.17) is 27.0 Å². The van der Waals surface area contributed by atoms with Crippen LogP contribution in [0.15, 0.2) is 44.9 Å². The number of carbonyl (C=O) groups excluding carboxylic acids is 7. The molecule has 364 valence electrons. The van der Waals surface area contributed by atoms with Gasteiger partial charge in [-0.3, -0.25) is 52.7 Å². The highest BCUT2D eigenvalue weighted by Gasteiger charge is 2.32. The summed E-state index contributed by atoms with van der Waals surface area (Å²) in [5.41, 5.74) is 15.6. The van der Waals surface area contributed by atoms with Crippen LogP contribution in [0.4, 0.5) is 16.2 Å². The van der Waals surface area contributed by atoms with Crippen molar-refractivity contribution in [1.82, 2.24) is 32.1 Å². The molecule has 29 heteroatoms. The predicted octanol–water partition coefficient (Wildman–Crippen LogP) is -4.13. The molecule has 0 heterocycles. The molecule has 2 aromatic carbocycles. The number of carboxylic acids is 1. The molecule has 0 bridgehead atoms. The highest BCUT2D eigenvalue weighted by atomic mass is 31.2. The molecule has 1 unspecified atom stereocenters. The van der Waals surface area contributed by atoms with Gasteiger partial charge in [0.05, 0.1) is 26.1 Å². The third-order valence-corrected chi connectivity index (χ3v) is 9.66. The Labute approximate surface area is 376 Å². The predicted molar refractivity (Wildman–Crippen MR) is 232 cm³/mol. The van der Waals surface area contributed by atoms with E-state index in [0.717, 1.165) is 0 Å². The zero-order chi connectivity index (χ0) is 49.6. The molecular weight excluding hydrogens is 899 g/mol. The number of phosphoric acid groups is 1. The van der Waals surface area contributed by atoms with E-state index in [1.807, 2.05) is 0 Å². The number of carbonyl (C=O) groups is 8. The van der Waals surface area contributed by atoms with Gasteiger partial charge in [-0.15, -0.1) is 0 Å². The molecule has 0 fully saturated rings. The van der Waals surface area contributed by atoms with Crippen LogP contribution in [0.3, 0.4) is 0 Å². The number of amides is 7. The molecule has 16 N–H and O–H groups in total. The number of hydrogen-bond acceptors (Lipinski definition) is 17. The van der Waals surface area contributed by atoms with Crippen LogP contribution in [-0.2, 0) is 58.4 Å². The van der Waals surface area contributed by atoms with E-state index in [1.165, 1.54) is 6.92 Å². The number of nitrogens with zero attached hydrogens (tertiary/aromatic N) is 1. The third-order valence-electron chi connectivity index (χ3n) is 8.75. The summed E-state index contributed by atoms with van der Waals surface area (Å²) in [5.74, 6) is -7.75. The smallest absolute Gasteiger partial charge is 0.481 e. The van der Waals surface area contributed by atoms with Crippen molar-refractivity contribution >= 4 is 72.7 Å². The van der Waals surface area contributed by atoms with E-state index in [0.29, 0.717) is 5.56 Å². The molecular formula is C37H55N12O16P. The molecule has 0 aliphatic rings. The lowest BCUT2D eigenvalue weighted by Crippen LogP contribution is -2.59. The second-order valence-electron chi connectivity index (χ2n) is 14.3. The minimum absolute atomic E-state index is 0.0397. The second-order valence-corrected chi connectivity index (χ2v) is 15.7. The summed E-state index contributed by atoms with van der Waals surface area (Å²) in [5, 5.41) is 26.2. The monoisotopic (exact) mass is 954 g/mol. The molecule has 0 aromatic heterocycles. The molecule has 66 heavy (non-hydrogen) atoms. The van der Waals surface area contributed by atoms with E-state index in [1.54, 1.807) is 49.7 Å². The highest BCUT2D eigenvalue weighted by molar-refractivity contribution is 7.47. The lowest BCUT2D eigenvalue weighted by molar-refractivity contribution is -0.140. The number of guanidine groups is 1. The van der Waals surface area contributed by atoms with E-state index in [2.05, 4.69) is 51.4 Å². The Morgan fingerprint density at radius 2 is 1.42 bits per heavy atom. The Balaban J connectivity index is 2.15. The maximum Gasteiger partial charge on any atom is 0.493 e. The van der Waals surface area contributed by atoms with Gasteiger partial charge in [0, 0.05) is 19.5 Å². The molecule has 0 spiro atoms. The van der Waals surface area contributed by atoms with Gasteiger partial charge in [0.25, 0.3) is 10.9 Å². The summed E-state index contributed by atoms with van der Waals surface area (Å²) in [6.07, 6.45) is -2.11. The first kappa shape index (κ1) is 55.0. The van der Waals surface area contributed by atoms with Crippen molar-refractivity contribution in [2.75, 3.05) is 50.0 Å². The van der Waals surface area contributed by atoms with Crippen LogP contribution in [0.25, 0.3) is 0 Å². The molecule has 2 aromatic rings. The first-order chi connectivity index (χ1) is 31.0. The maximum atomic E-state index is 13.9. The first-order valence-corrected chi connectivity index (χ1v) is 21.5. The first-order valence-electron chi connectivity index (χ1n) is 20.0. The lowest BCUT2D eigenvalue weighted by Gasteiger charge is -2.27. The van der Waals surface area contributed by atoms with Gasteiger partial charge < -0.3 is 69.2 Å². The number of ether oxygens (including phenoxy) is 1. The van der Waals surface area contributed by atoms with Crippen LogP contribution in [0.1, 0.15) is 45.6 Å². The SMILES string of the molecule is CCOP(=O)(O)ONC(=O)OCCNc1c(NCC(=O)N[C@H](Cc2ccccc2)C(=O)N[C@H](C(=O)N[C@@H](CCCN=C(N)N)C(=O)NCC(=O)N[C@@H](CC(=O)O)C(N)=O)C(C)C)c(=O)c1=O. The summed E-state index contributed by atoms with van der Waals surface area (Å²) in [6.45, 7) is 2.42. The number of nitrogens with two attached hydrogens (primary N) is 3. The minimum atomic E-state index is -4.56. The molecule has 0 aliphatic carbocycles. The number of nitrogens with one attached hydrogen (secondary N) is 8. The Bertz CT molecular complexity index is 2180. The van der Waals surface area contributed by atoms with Crippen LogP contribution in [0.5, 0.6) is 0 Å². The largest absolute Gasteiger partial charge is 0.493 e. The van der Waals surface area contributed by atoms with Crippen LogP contribution in [-0.4, -0.2) is 127 Å². The van der Waals surface area contributed by atoms with Crippen LogP contribution in [0, 0.1) is 5.92 Å². The molecule has 2 rings (SSSR count). The van der Waals surface area contributed by atoms with Crippen molar-refractivity contribution in [3.63, 3.8) is 0 Å². The van der Waals surface area contributed by atoms with Gasteiger partial charge in [-0.2, -0.15) is 10.1 Å². The molecule has 7 amide bonds. The van der Waals surface area contributed by atoms with Gasteiger partial charge >= 0.3 is 19.9 Å². The van der Waals surface area contributed by atoms with Crippen molar-refractivity contribution in [3.05, 3.63) is 56.3 Å². The fourth-order valence-corrected chi connectivity index (χ4v) is 6.16. The summed E-state index contributed by atoms with van der Waals surface area (Å²) in [6, 6.07) is 2.89. The number of hydroxylamine groups is 1. The Kier molecular flexibility index (Phi) is 22.7. The molecule has 0 aliphatic heterocycles. The number of rotatable bonds is 30. The lowest BCUT2D eigenvalue weighted by atomic mass is 10.00. The molecule has 0 radical (unpaired) electrons. The minimum Gasteiger partial charge on any atom is -0.481 e. The van der Waals surface area contributed by atoms with Crippen molar-refractivity contribution < 1.29 is 66.8 Å². The summed E-state index contributed by atoms with van der Waals surface area (Å²) in [4.78, 5) is 139. The summed E-state index contributed by atoms with van der Waals surface area (Å²) in [7, 11) is -4.56. The molecule has 5 atom stereocenters. The number of anilines is 2.